The average molecular weight is 578 g/mol. The largest absolute Gasteiger partial charge is 0.466 e. The first-order valence-corrected chi connectivity index (χ1v) is 16.4. The van der Waals surface area contributed by atoms with Crippen LogP contribution < -0.4 is 0 Å². The van der Waals surface area contributed by atoms with Crippen LogP contribution >= 0.6 is 11.3 Å². The molecule has 6 nitrogen and oxygen atoms in total. The Kier molecular flexibility index (Phi) is 8.95. The minimum absolute atomic E-state index is 0.0260. The Balaban J connectivity index is 1.42. The fourth-order valence-electron chi connectivity index (χ4n) is 6.88. The second-order valence-corrected chi connectivity index (χ2v) is 13.7. The Morgan fingerprint density at radius 1 is 1.02 bits per heavy atom. The molecule has 0 bridgehead atoms. The minimum Gasteiger partial charge on any atom is -0.466 e. The second kappa shape index (κ2) is 12.3. The number of piperidine rings is 1. The molecule has 1 N–H and O–H groups in total. The predicted octanol–water partition coefficient (Wildman–Crippen LogP) is 7.01. The third-order valence-electron chi connectivity index (χ3n) is 9.25. The molecule has 0 aliphatic carbocycles. The molecule has 2 aliphatic rings. The lowest BCUT2D eigenvalue weighted by atomic mass is 9.88. The van der Waals surface area contributed by atoms with E-state index in [9.17, 15) is 9.59 Å². The van der Waals surface area contributed by atoms with Gasteiger partial charge in [-0.05, 0) is 116 Å². The molecule has 0 radical (unpaired) electrons. The summed E-state index contributed by atoms with van der Waals surface area (Å²) in [6, 6.07) is 9.41. The highest BCUT2D eigenvalue weighted by molar-refractivity contribution is 7.19. The zero-order valence-electron chi connectivity index (χ0n) is 25.8. The Morgan fingerprint density at radius 2 is 1.73 bits per heavy atom. The molecule has 2 saturated heterocycles. The normalized spacial score (nSPS) is 18.9. The van der Waals surface area contributed by atoms with Crippen LogP contribution in [0.4, 0.5) is 0 Å². The van der Waals surface area contributed by atoms with Crippen LogP contribution in [0.15, 0.2) is 24.3 Å². The number of amides is 1. The molecule has 2 fully saturated rings. The first-order chi connectivity index (χ1) is 19.6. The van der Waals surface area contributed by atoms with E-state index in [1.807, 2.05) is 6.92 Å². The van der Waals surface area contributed by atoms with Crippen LogP contribution in [0.3, 0.4) is 0 Å². The van der Waals surface area contributed by atoms with Crippen LogP contribution in [0, 0.1) is 19.8 Å². The van der Waals surface area contributed by atoms with Crippen LogP contribution in [-0.2, 0) is 26.2 Å². The quantitative estimate of drug-likeness (QED) is 0.278. The number of H-pyrrole nitrogens is 1. The number of benzene rings is 1. The number of thiophene rings is 1. The SMILES string of the molecule is CCOC(=O)C1CCN(CCc2c(-c3cc(C)cc(C)c3)[nH]c3sc(C(C)(C)C(=O)N4CCCC4CC)cc23)CC1. The average Bonchev–Trinajstić information content (AvgIpc) is 3.66. The van der Waals surface area contributed by atoms with Gasteiger partial charge in [-0.1, -0.05) is 24.1 Å². The van der Waals surface area contributed by atoms with E-state index >= 15 is 0 Å². The number of aromatic nitrogens is 1. The maximum absolute atomic E-state index is 13.8. The van der Waals surface area contributed by atoms with E-state index in [1.54, 1.807) is 11.3 Å². The summed E-state index contributed by atoms with van der Waals surface area (Å²) in [7, 11) is 0. The summed E-state index contributed by atoms with van der Waals surface area (Å²) < 4.78 is 5.27. The van der Waals surface area contributed by atoms with Gasteiger partial charge >= 0.3 is 5.97 Å². The maximum Gasteiger partial charge on any atom is 0.309 e. The summed E-state index contributed by atoms with van der Waals surface area (Å²) in [5.41, 5.74) is 5.70. The molecule has 41 heavy (non-hydrogen) atoms. The molecule has 222 valence electrons. The zero-order valence-corrected chi connectivity index (χ0v) is 26.6. The van der Waals surface area contributed by atoms with Gasteiger partial charge in [-0.2, -0.15) is 0 Å². The monoisotopic (exact) mass is 577 g/mol. The van der Waals surface area contributed by atoms with Gasteiger partial charge < -0.3 is 19.5 Å². The third-order valence-corrected chi connectivity index (χ3v) is 10.6. The van der Waals surface area contributed by atoms with Crippen molar-refractivity contribution in [1.82, 2.24) is 14.8 Å². The van der Waals surface area contributed by atoms with Crippen molar-refractivity contribution in [2.75, 3.05) is 32.8 Å². The summed E-state index contributed by atoms with van der Waals surface area (Å²) >= 11 is 1.74. The first-order valence-electron chi connectivity index (χ1n) is 15.6. The smallest absolute Gasteiger partial charge is 0.309 e. The summed E-state index contributed by atoms with van der Waals surface area (Å²) in [6.07, 6.45) is 5.88. The number of hydrogen-bond acceptors (Lipinski definition) is 5. The van der Waals surface area contributed by atoms with E-state index in [1.165, 1.54) is 33.3 Å². The Labute approximate surface area is 249 Å². The number of likely N-dealkylation sites (tertiary alicyclic amines) is 2. The van der Waals surface area contributed by atoms with Crippen LogP contribution in [0.25, 0.3) is 21.5 Å². The number of aromatic amines is 1. The topological polar surface area (TPSA) is 65.6 Å². The molecule has 1 unspecified atom stereocenters. The first kappa shape index (κ1) is 29.8. The van der Waals surface area contributed by atoms with Gasteiger partial charge in [-0.15, -0.1) is 11.3 Å². The van der Waals surface area contributed by atoms with E-state index in [0.29, 0.717) is 12.6 Å². The van der Waals surface area contributed by atoms with Crippen molar-refractivity contribution >= 4 is 33.4 Å². The zero-order chi connectivity index (χ0) is 29.3. The van der Waals surface area contributed by atoms with Crippen LogP contribution in [0.2, 0.25) is 0 Å². The number of aryl methyl sites for hydroxylation is 2. The van der Waals surface area contributed by atoms with Crippen molar-refractivity contribution in [2.24, 2.45) is 5.92 Å². The fourth-order valence-corrected chi connectivity index (χ4v) is 8.06. The molecule has 7 heteroatoms. The van der Waals surface area contributed by atoms with E-state index in [4.69, 9.17) is 4.74 Å². The molecule has 2 aliphatic heterocycles. The predicted molar refractivity (Wildman–Crippen MR) is 169 cm³/mol. The van der Waals surface area contributed by atoms with Gasteiger partial charge in [0.2, 0.25) is 5.91 Å². The molecular weight excluding hydrogens is 530 g/mol. The molecule has 4 heterocycles. The highest BCUT2D eigenvalue weighted by atomic mass is 32.1. The summed E-state index contributed by atoms with van der Waals surface area (Å²) in [4.78, 5) is 36.7. The van der Waals surface area contributed by atoms with Gasteiger partial charge in [0, 0.05) is 29.4 Å². The minimum atomic E-state index is -0.561. The van der Waals surface area contributed by atoms with E-state index in [0.717, 1.165) is 74.4 Å². The molecule has 2 aromatic heterocycles. The van der Waals surface area contributed by atoms with Crippen LogP contribution in [0.1, 0.15) is 81.4 Å². The van der Waals surface area contributed by atoms with E-state index in [2.05, 4.69) is 73.7 Å². The Hall–Kier alpha value is -2.64. The van der Waals surface area contributed by atoms with Crippen LogP contribution in [-0.4, -0.2) is 65.5 Å². The maximum atomic E-state index is 13.8. The molecule has 0 spiro atoms. The van der Waals surface area contributed by atoms with Crippen molar-refractivity contribution in [3.05, 3.63) is 45.8 Å². The molecule has 3 aromatic rings. The molecule has 5 rings (SSSR count). The highest BCUT2D eigenvalue weighted by Gasteiger charge is 2.39. The van der Waals surface area contributed by atoms with Gasteiger partial charge in [-0.25, -0.2) is 0 Å². The lowest BCUT2D eigenvalue weighted by Crippen LogP contribution is -2.45. The number of carbonyl (C=O) groups is 2. The Bertz CT molecular complexity index is 1380. The van der Waals surface area contributed by atoms with Crippen molar-refractivity contribution in [3.8, 4) is 11.3 Å². The van der Waals surface area contributed by atoms with E-state index < -0.39 is 5.41 Å². The summed E-state index contributed by atoms with van der Waals surface area (Å²) in [6.45, 7) is 16.7. The number of nitrogens with zero attached hydrogens (tertiary/aromatic N) is 2. The van der Waals surface area contributed by atoms with Gasteiger partial charge in [0.25, 0.3) is 0 Å². The highest BCUT2D eigenvalue weighted by Crippen LogP contribution is 2.42. The summed E-state index contributed by atoms with van der Waals surface area (Å²) in [5.74, 6) is 0.239. The standard InChI is InChI=1S/C34H47N3O3S/c1-7-26-10-9-14-37(26)33(39)34(5,6)29-21-28-27(13-17-36-15-11-24(12-16-36)32(38)40-8-2)30(35-31(28)41-29)25-19-22(3)18-23(4)20-25/h18-21,24,26,35H,7-17H2,1-6H3. The lowest BCUT2D eigenvalue weighted by Gasteiger charge is -2.32. The molecular formula is C34H47N3O3S. The van der Waals surface area contributed by atoms with Gasteiger partial charge in [0.15, 0.2) is 0 Å². The fraction of sp³-hybridized carbons (Fsp3) is 0.588. The number of ether oxygens (including phenoxy) is 1. The molecule has 1 atom stereocenters. The van der Waals surface area contributed by atoms with Crippen molar-refractivity contribution < 1.29 is 14.3 Å². The van der Waals surface area contributed by atoms with Crippen molar-refractivity contribution in [2.45, 2.75) is 91.5 Å². The van der Waals surface area contributed by atoms with Gasteiger partial charge in [0.05, 0.1) is 23.6 Å². The van der Waals surface area contributed by atoms with Crippen LogP contribution in [0.5, 0.6) is 0 Å². The number of carbonyl (C=O) groups excluding carboxylic acids is 2. The lowest BCUT2D eigenvalue weighted by molar-refractivity contribution is -0.149. The van der Waals surface area contributed by atoms with Gasteiger partial charge in [0.1, 0.15) is 4.83 Å². The number of hydrogen-bond donors (Lipinski definition) is 1. The summed E-state index contributed by atoms with van der Waals surface area (Å²) in [5, 5.41) is 1.25. The van der Waals surface area contributed by atoms with E-state index in [-0.39, 0.29) is 17.8 Å². The second-order valence-electron chi connectivity index (χ2n) is 12.7. The number of rotatable bonds is 9. The van der Waals surface area contributed by atoms with Gasteiger partial charge in [-0.3, -0.25) is 9.59 Å². The van der Waals surface area contributed by atoms with Crippen molar-refractivity contribution in [1.29, 1.82) is 0 Å². The number of fused-ring (bicyclic) bond motifs is 1. The molecule has 1 aromatic carbocycles. The Morgan fingerprint density at radius 3 is 2.39 bits per heavy atom. The molecule has 0 saturated carbocycles. The number of nitrogens with one attached hydrogen (secondary N) is 1. The molecule has 1 amide bonds. The third kappa shape index (κ3) is 6.12. The van der Waals surface area contributed by atoms with Crippen molar-refractivity contribution in [3.63, 3.8) is 0 Å². The number of esters is 1.